The second kappa shape index (κ2) is 3.62. The minimum Gasteiger partial charge on any atom is -0.504 e. The van der Waals surface area contributed by atoms with Crippen LogP contribution in [0, 0.1) is 6.92 Å². The number of rotatable bonds is 0. The van der Waals surface area contributed by atoms with Gasteiger partial charge in [-0.25, -0.2) is 0 Å². The van der Waals surface area contributed by atoms with Crippen molar-refractivity contribution < 1.29 is 25.2 Å². The number of ether oxygens (including phenoxy) is 1. The number of phenolic OH excluding ortho intramolecular Hbond substituents is 1. The van der Waals surface area contributed by atoms with E-state index in [0.29, 0.717) is 16.9 Å². The highest BCUT2D eigenvalue weighted by Crippen LogP contribution is 2.56. The maximum atomic E-state index is 10.7. The lowest BCUT2D eigenvalue weighted by atomic mass is 9.68. The molecule has 1 aliphatic carbocycles. The smallest absolute Gasteiger partial charge is 0.165 e. The molecule has 1 saturated carbocycles. The molecule has 2 aliphatic rings. The monoisotopic (exact) mass is 266 g/mol. The fourth-order valence-electron chi connectivity index (χ4n) is 3.37. The van der Waals surface area contributed by atoms with Gasteiger partial charge in [0.1, 0.15) is 18.3 Å². The molecule has 104 valence electrons. The van der Waals surface area contributed by atoms with Gasteiger partial charge in [-0.05, 0) is 18.9 Å². The first-order chi connectivity index (χ1) is 8.81. The van der Waals surface area contributed by atoms with Gasteiger partial charge >= 0.3 is 0 Å². The summed E-state index contributed by atoms with van der Waals surface area (Å²) < 4.78 is 5.46. The summed E-state index contributed by atoms with van der Waals surface area (Å²) in [6.45, 7) is 3.40. The van der Waals surface area contributed by atoms with Crippen LogP contribution in [-0.4, -0.2) is 44.8 Å². The van der Waals surface area contributed by atoms with E-state index < -0.39 is 23.2 Å². The lowest BCUT2D eigenvalue weighted by molar-refractivity contribution is -0.137. The summed E-state index contributed by atoms with van der Waals surface area (Å²) in [6, 6.07) is 3.52. The number of benzene rings is 1. The van der Waals surface area contributed by atoms with E-state index in [4.69, 9.17) is 4.74 Å². The van der Waals surface area contributed by atoms with E-state index in [1.165, 1.54) is 0 Å². The highest BCUT2D eigenvalue weighted by atomic mass is 16.5. The topological polar surface area (TPSA) is 90.2 Å². The molecule has 1 aliphatic heterocycles. The molecule has 1 aromatic rings. The third kappa shape index (κ3) is 1.35. The molecule has 3 rings (SSSR count). The Morgan fingerprint density at radius 2 is 2.00 bits per heavy atom. The Hall–Kier alpha value is -1.30. The van der Waals surface area contributed by atoms with Crippen molar-refractivity contribution in [1.82, 2.24) is 0 Å². The molecule has 0 spiro atoms. The van der Waals surface area contributed by atoms with Crippen LogP contribution in [0.5, 0.6) is 11.5 Å². The van der Waals surface area contributed by atoms with E-state index in [9.17, 15) is 20.4 Å². The number of hydrogen-bond donors (Lipinski definition) is 4. The lowest BCUT2D eigenvalue weighted by Crippen LogP contribution is -2.59. The van der Waals surface area contributed by atoms with Crippen LogP contribution >= 0.6 is 0 Å². The summed E-state index contributed by atoms with van der Waals surface area (Å²) in [6.07, 6.45) is -2.04. The molecule has 5 heteroatoms. The maximum Gasteiger partial charge on any atom is 0.165 e. The van der Waals surface area contributed by atoms with E-state index >= 15 is 0 Å². The molecule has 0 amide bonds. The number of phenols is 1. The normalized spacial score (nSPS) is 40.5. The van der Waals surface area contributed by atoms with Gasteiger partial charge in [0.25, 0.3) is 0 Å². The minimum absolute atomic E-state index is 0.0525. The van der Waals surface area contributed by atoms with Gasteiger partial charge in [-0.15, -0.1) is 0 Å². The summed E-state index contributed by atoms with van der Waals surface area (Å²) in [5.74, 6) is 0.394. The molecule has 0 unspecified atom stereocenters. The van der Waals surface area contributed by atoms with E-state index in [0.717, 1.165) is 0 Å². The predicted molar refractivity (Wildman–Crippen MR) is 67.3 cm³/mol. The number of aromatic hydroxyl groups is 1. The fraction of sp³-hybridized carbons (Fsp3) is 0.571. The van der Waals surface area contributed by atoms with Crippen molar-refractivity contribution in [3.8, 4) is 11.5 Å². The molecule has 0 aromatic heterocycles. The number of hydrogen-bond acceptors (Lipinski definition) is 5. The van der Waals surface area contributed by atoms with Gasteiger partial charge in [0.05, 0.1) is 6.10 Å². The molecule has 4 N–H and O–H groups in total. The van der Waals surface area contributed by atoms with Gasteiger partial charge in [-0.1, -0.05) is 19.1 Å². The van der Waals surface area contributed by atoms with E-state index in [-0.39, 0.29) is 18.8 Å². The van der Waals surface area contributed by atoms with Crippen LogP contribution in [0.1, 0.15) is 24.5 Å². The number of aryl methyl sites for hydroxylation is 1. The van der Waals surface area contributed by atoms with Crippen molar-refractivity contribution in [2.45, 2.75) is 43.5 Å². The Kier molecular flexibility index (Phi) is 2.43. The molecule has 0 saturated heterocycles. The van der Waals surface area contributed by atoms with E-state index in [1.807, 2.05) is 0 Å². The molecule has 0 radical (unpaired) electrons. The quantitative estimate of drug-likeness (QED) is 0.539. The van der Waals surface area contributed by atoms with Crippen LogP contribution in [0.15, 0.2) is 12.1 Å². The average molecular weight is 266 g/mol. The molecule has 1 heterocycles. The minimum atomic E-state index is -1.54. The Morgan fingerprint density at radius 1 is 1.32 bits per heavy atom. The molecule has 1 fully saturated rings. The summed E-state index contributed by atoms with van der Waals surface area (Å²) in [7, 11) is 0. The number of aliphatic hydroxyl groups excluding tert-OH is 2. The van der Waals surface area contributed by atoms with E-state index in [2.05, 4.69) is 0 Å². The standard InChI is InChI=1S/C14H18O5/c1-7-3-4-8-11(10(7)16)19-6-14(18)12(17)9(15)5-13(8,14)2/h3-4,9,12,15-18H,5-6H2,1-2H3/t9-,12-,13-,14+/m1/s1. The SMILES string of the molecule is Cc1ccc2c(c1O)OC[C@]1(O)[C@H](O)[C@H](O)C[C@]21C. The third-order valence-electron chi connectivity index (χ3n) is 4.79. The van der Waals surface area contributed by atoms with Gasteiger partial charge in [0, 0.05) is 11.0 Å². The maximum absolute atomic E-state index is 10.7. The molecule has 0 bridgehead atoms. The van der Waals surface area contributed by atoms with Crippen molar-refractivity contribution in [2.75, 3.05) is 6.61 Å². The van der Waals surface area contributed by atoms with Crippen molar-refractivity contribution >= 4 is 0 Å². The number of fused-ring (bicyclic) bond motifs is 3. The van der Waals surface area contributed by atoms with Crippen LogP contribution in [-0.2, 0) is 5.41 Å². The largest absolute Gasteiger partial charge is 0.504 e. The van der Waals surface area contributed by atoms with Crippen molar-refractivity contribution in [1.29, 1.82) is 0 Å². The Bertz CT molecular complexity index is 543. The van der Waals surface area contributed by atoms with Crippen LogP contribution in [0.3, 0.4) is 0 Å². The van der Waals surface area contributed by atoms with Crippen LogP contribution in [0.2, 0.25) is 0 Å². The summed E-state index contributed by atoms with van der Waals surface area (Å²) in [5, 5.41) is 40.7. The van der Waals surface area contributed by atoms with Gasteiger partial charge in [0.2, 0.25) is 0 Å². The van der Waals surface area contributed by atoms with Crippen LogP contribution in [0.25, 0.3) is 0 Å². The van der Waals surface area contributed by atoms with Crippen LogP contribution in [0.4, 0.5) is 0 Å². The van der Waals surface area contributed by atoms with Gasteiger partial charge in [-0.3, -0.25) is 0 Å². The molecule has 1 aromatic carbocycles. The van der Waals surface area contributed by atoms with Crippen LogP contribution < -0.4 is 4.74 Å². The molecule has 19 heavy (non-hydrogen) atoms. The second-order valence-electron chi connectivity index (χ2n) is 5.87. The van der Waals surface area contributed by atoms with E-state index in [1.54, 1.807) is 26.0 Å². The summed E-state index contributed by atoms with van der Waals surface area (Å²) in [4.78, 5) is 0. The molecular weight excluding hydrogens is 248 g/mol. The molecule has 5 nitrogen and oxygen atoms in total. The zero-order chi connectivity index (χ0) is 14.0. The highest BCUT2D eigenvalue weighted by Gasteiger charge is 2.64. The van der Waals surface area contributed by atoms with Crippen molar-refractivity contribution in [2.24, 2.45) is 0 Å². The predicted octanol–water partition coefficient (Wildman–Crippen LogP) is 0.207. The zero-order valence-corrected chi connectivity index (χ0v) is 10.9. The van der Waals surface area contributed by atoms with Gasteiger partial charge < -0.3 is 25.2 Å². The first kappa shape index (κ1) is 12.7. The van der Waals surface area contributed by atoms with Gasteiger partial charge in [0.15, 0.2) is 11.5 Å². The average Bonchev–Trinajstić information content (AvgIpc) is 2.54. The Morgan fingerprint density at radius 3 is 2.68 bits per heavy atom. The second-order valence-corrected chi connectivity index (χ2v) is 5.87. The third-order valence-corrected chi connectivity index (χ3v) is 4.79. The highest BCUT2D eigenvalue weighted by molar-refractivity contribution is 5.56. The van der Waals surface area contributed by atoms with Crippen molar-refractivity contribution in [3.05, 3.63) is 23.3 Å². The lowest BCUT2D eigenvalue weighted by Gasteiger charge is -2.45. The fourth-order valence-corrected chi connectivity index (χ4v) is 3.37. The first-order valence-corrected chi connectivity index (χ1v) is 6.35. The Labute approximate surface area is 111 Å². The molecule has 4 atom stereocenters. The number of aliphatic hydroxyl groups is 3. The summed E-state index contributed by atoms with van der Waals surface area (Å²) in [5.41, 5.74) is -1.07. The summed E-state index contributed by atoms with van der Waals surface area (Å²) >= 11 is 0. The zero-order valence-electron chi connectivity index (χ0n) is 10.9. The Balaban J connectivity index is 2.22. The van der Waals surface area contributed by atoms with Crippen molar-refractivity contribution in [3.63, 3.8) is 0 Å². The molecular formula is C14H18O5. The first-order valence-electron chi connectivity index (χ1n) is 6.35. The van der Waals surface area contributed by atoms with Gasteiger partial charge in [-0.2, -0.15) is 0 Å².